The molecule has 0 aliphatic heterocycles. The summed E-state index contributed by atoms with van der Waals surface area (Å²) in [5, 5.41) is 10.6. The predicted octanol–water partition coefficient (Wildman–Crippen LogP) is 23.6. The van der Waals surface area contributed by atoms with Crippen LogP contribution in [0.25, 0.3) is 0 Å². The minimum Gasteiger partial charge on any atom is -0.462 e. The van der Waals surface area contributed by atoms with Gasteiger partial charge in [-0.1, -0.05) is 357 Å². The number of hydrogen-bond donors (Lipinski definition) is 3. The lowest BCUT2D eigenvalue weighted by Gasteiger charge is -2.21. The van der Waals surface area contributed by atoms with Gasteiger partial charge in [0.15, 0.2) is 12.2 Å². The highest BCUT2D eigenvalue weighted by atomic mass is 31.2. The molecule has 0 fully saturated rings. The third kappa shape index (κ3) is 72.8. The van der Waals surface area contributed by atoms with Crippen LogP contribution in [0.4, 0.5) is 0 Å². The highest BCUT2D eigenvalue weighted by Gasteiger charge is 2.30. The van der Waals surface area contributed by atoms with Gasteiger partial charge in [-0.15, -0.1) is 0 Å². The number of hydrogen-bond acceptors (Lipinski definition) is 15. The summed E-state index contributed by atoms with van der Waals surface area (Å²) in [6.45, 7) is 14.2. The SMILES string of the molecule is CCC(C)CCCCCCCCCCCCCCCCCCCCC(=O)O[C@H](COC(=O)CCCCCCCCCCCCC(C)C)COP(=O)(O)OCC(O)COP(=O)(O)OC[C@@H](COC(=O)CCCCCCCCCCC(C)C)OC(=O)CCCCCCCCCCCCC(C)C. The van der Waals surface area contributed by atoms with Gasteiger partial charge in [-0.05, 0) is 49.4 Å². The number of carbonyl (C=O) groups excluding carboxylic acids is 4. The summed E-state index contributed by atoms with van der Waals surface area (Å²) in [4.78, 5) is 72.9. The number of esters is 4. The molecule has 0 aromatic rings. The first-order chi connectivity index (χ1) is 47.6. The fourth-order valence-electron chi connectivity index (χ4n) is 12.2. The molecular weight excluding hydrogens is 1290 g/mol. The first-order valence-corrected chi connectivity index (χ1v) is 44.2. The van der Waals surface area contributed by atoms with Crippen LogP contribution in [0.15, 0.2) is 0 Å². The molecule has 0 aliphatic carbocycles. The van der Waals surface area contributed by atoms with Gasteiger partial charge in [0.2, 0.25) is 0 Å². The van der Waals surface area contributed by atoms with Crippen LogP contribution in [0, 0.1) is 23.7 Å². The number of aliphatic hydroxyl groups is 1. The number of phosphoric ester groups is 2. The van der Waals surface area contributed by atoms with Crippen molar-refractivity contribution < 1.29 is 80.2 Å². The van der Waals surface area contributed by atoms with Gasteiger partial charge >= 0.3 is 39.5 Å². The molecule has 0 saturated heterocycles. The second kappa shape index (κ2) is 69.1. The van der Waals surface area contributed by atoms with E-state index >= 15 is 0 Å². The summed E-state index contributed by atoms with van der Waals surface area (Å²) < 4.78 is 68.6. The molecule has 4 unspecified atom stereocenters. The Morgan fingerprint density at radius 3 is 0.717 bits per heavy atom. The molecule has 0 spiro atoms. The molecule has 19 heteroatoms. The van der Waals surface area contributed by atoms with Gasteiger partial charge in [0.25, 0.3) is 0 Å². The summed E-state index contributed by atoms with van der Waals surface area (Å²) in [5.74, 6) is 0.991. The Bertz CT molecular complexity index is 1940. The van der Waals surface area contributed by atoms with Gasteiger partial charge in [-0.2, -0.15) is 0 Å². The summed E-state index contributed by atoms with van der Waals surface area (Å²) in [6.07, 6.45) is 55.6. The zero-order valence-electron chi connectivity index (χ0n) is 65.1. The van der Waals surface area contributed by atoms with Crippen molar-refractivity contribution in [2.45, 2.75) is 427 Å². The summed E-state index contributed by atoms with van der Waals surface area (Å²) in [7, 11) is -9.92. The zero-order valence-corrected chi connectivity index (χ0v) is 66.9. The van der Waals surface area contributed by atoms with E-state index in [0.29, 0.717) is 25.7 Å². The molecule has 0 aromatic heterocycles. The lowest BCUT2D eigenvalue weighted by atomic mass is 9.99. The standard InChI is InChI=1S/C80H156O17P2/c1-9-73(8)59-51-43-35-26-18-16-14-12-10-11-13-15-17-19-28-38-46-54-62-79(84)96-75(66-90-77(82)60-52-44-36-27-22-20-24-32-40-48-56-70(2)3)68-94-98(86,87)92-64-74(81)65-93-99(88,89)95-69-76(67-91-78(83)61-53-45-37-31-30-34-42-50-58-72(6)7)97-80(85)63-55-47-39-29-23-21-25-33-41-49-57-71(4)5/h70-76,81H,9-69H2,1-8H3,(H,86,87)(H,88,89)/t73?,74?,75-,76-/m1/s1. The van der Waals surface area contributed by atoms with Crippen LogP contribution in [-0.2, 0) is 65.4 Å². The molecule has 0 rings (SSSR count). The van der Waals surface area contributed by atoms with E-state index in [0.717, 1.165) is 114 Å². The van der Waals surface area contributed by atoms with Crippen molar-refractivity contribution in [3.05, 3.63) is 0 Å². The fourth-order valence-corrected chi connectivity index (χ4v) is 13.8. The molecule has 99 heavy (non-hydrogen) atoms. The zero-order chi connectivity index (χ0) is 73.1. The van der Waals surface area contributed by atoms with Crippen molar-refractivity contribution in [3.8, 4) is 0 Å². The molecule has 0 heterocycles. The Morgan fingerprint density at radius 1 is 0.283 bits per heavy atom. The van der Waals surface area contributed by atoms with E-state index in [-0.39, 0.29) is 25.7 Å². The normalized spacial score (nSPS) is 14.3. The van der Waals surface area contributed by atoms with Crippen molar-refractivity contribution in [3.63, 3.8) is 0 Å². The predicted molar refractivity (Wildman–Crippen MR) is 404 cm³/mol. The highest BCUT2D eigenvalue weighted by Crippen LogP contribution is 2.45. The van der Waals surface area contributed by atoms with Crippen molar-refractivity contribution in [1.29, 1.82) is 0 Å². The van der Waals surface area contributed by atoms with Gasteiger partial charge < -0.3 is 33.8 Å². The summed E-state index contributed by atoms with van der Waals surface area (Å²) >= 11 is 0. The number of rotatable bonds is 77. The van der Waals surface area contributed by atoms with Crippen molar-refractivity contribution >= 4 is 39.5 Å². The molecule has 0 saturated carbocycles. The first kappa shape index (κ1) is 97.1. The average molecular weight is 1450 g/mol. The van der Waals surface area contributed by atoms with Gasteiger partial charge in [0, 0.05) is 25.7 Å². The van der Waals surface area contributed by atoms with E-state index in [2.05, 4.69) is 55.4 Å². The molecular formula is C80H156O17P2. The van der Waals surface area contributed by atoms with E-state index in [1.165, 1.54) is 212 Å². The van der Waals surface area contributed by atoms with Crippen molar-refractivity contribution in [2.75, 3.05) is 39.6 Å². The van der Waals surface area contributed by atoms with E-state index in [1.54, 1.807) is 0 Å². The van der Waals surface area contributed by atoms with Crippen LogP contribution >= 0.6 is 15.6 Å². The number of ether oxygens (including phenoxy) is 4. The number of carbonyl (C=O) groups is 4. The van der Waals surface area contributed by atoms with E-state index in [4.69, 9.17) is 37.0 Å². The number of unbranched alkanes of at least 4 members (excludes halogenated alkanes) is 42. The second-order valence-electron chi connectivity index (χ2n) is 30.5. The lowest BCUT2D eigenvalue weighted by molar-refractivity contribution is -0.161. The number of phosphoric acid groups is 2. The van der Waals surface area contributed by atoms with Crippen molar-refractivity contribution in [1.82, 2.24) is 0 Å². The van der Waals surface area contributed by atoms with Gasteiger partial charge in [-0.3, -0.25) is 37.3 Å². The molecule has 588 valence electrons. The van der Waals surface area contributed by atoms with Crippen LogP contribution < -0.4 is 0 Å². The topological polar surface area (TPSA) is 237 Å². The van der Waals surface area contributed by atoms with Gasteiger partial charge in [0.05, 0.1) is 26.4 Å². The number of aliphatic hydroxyl groups excluding tert-OH is 1. The van der Waals surface area contributed by atoms with Crippen molar-refractivity contribution in [2.24, 2.45) is 23.7 Å². The van der Waals surface area contributed by atoms with E-state index in [1.807, 2.05) is 0 Å². The van der Waals surface area contributed by atoms with E-state index in [9.17, 15) is 43.2 Å². The first-order valence-electron chi connectivity index (χ1n) is 41.2. The smallest absolute Gasteiger partial charge is 0.462 e. The van der Waals surface area contributed by atoms with Crippen LogP contribution in [0.2, 0.25) is 0 Å². The Hall–Kier alpha value is -1.94. The second-order valence-corrected chi connectivity index (χ2v) is 33.4. The minimum absolute atomic E-state index is 0.105. The van der Waals surface area contributed by atoms with E-state index < -0.39 is 97.5 Å². The Balaban J connectivity index is 5.21. The summed E-state index contributed by atoms with van der Waals surface area (Å²) in [6, 6.07) is 0. The third-order valence-corrected chi connectivity index (χ3v) is 20.8. The Morgan fingerprint density at radius 2 is 0.485 bits per heavy atom. The maximum absolute atomic E-state index is 13.1. The minimum atomic E-state index is -4.96. The molecule has 0 radical (unpaired) electrons. The Labute approximate surface area is 607 Å². The highest BCUT2D eigenvalue weighted by molar-refractivity contribution is 7.47. The molecule has 0 aromatic carbocycles. The van der Waals surface area contributed by atoms with Crippen LogP contribution in [0.3, 0.4) is 0 Å². The maximum Gasteiger partial charge on any atom is 0.472 e. The maximum atomic E-state index is 13.1. The molecule has 6 atom stereocenters. The summed E-state index contributed by atoms with van der Waals surface area (Å²) in [5.41, 5.74) is 0. The third-order valence-electron chi connectivity index (χ3n) is 18.9. The quantitative estimate of drug-likeness (QED) is 0.0222. The Kier molecular flexibility index (Phi) is 67.8. The molecule has 0 bridgehead atoms. The van der Waals surface area contributed by atoms with Crippen LogP contribution in [0.5, 0.6) is 0 Å². The average Bonchev–Trinajstić information content (AvgIpc) is 1.28. The largest absolute Gasteiger partial charge is 0.472 e. The lowest BCUT2D eigenvalue weighted by Crippen LogP contribution is -2.30. The van der Waals surface area contributed by atoms with Gasteiger partial charge in [0.1, 0.15) is 19.3 Å². The monoisotopic (exact) mass is 1450 g/mol. The molecule has 17 nitrogen and oxygen atoms in total. The molecule has 3 N–H and O–H groups in total. The molecule has 0 aliphatic rings. The molecule has 0 amide bonds. The fraction of sp³-hybridized carbons (Fsp3) is 0.950. The van der Waals surface area contributed by atoms with Gasteiger partial charge in [-0.25, -0.2) is 9.13 Å². The van der Waals surface area contributed by atoms with Crippen LogP contribution in [0.1, 0.15) is 409 Å². The van der Waals surface area contributed by atoms with Crippen LogP contribution in [-0.4, -0.2) is 96.7 Å².